The molecule has 1 aromatic carbocycles. The first-order chi connectivity index (χ1) is 5.61. The number of halogens is 3. The number of carbonyl (C=O) groups excluding carboxylic acids is 1. The van der Waals surface area contributed by atoms with Crippen LogP contribution in [0.25, 0.3) is 0 Å². The molecule has 0 aliphatic rings. The van der Waals surface area contributed by atoms with E-state index < -0.39 is 10.1 Å². The first-order valence-corrected chi connectivity index (χ1v) is 5.29. The zero-order valence-corrected chi connectivity index (χ0v) is 9.86. The molecule has 0 saturated carbocycles. The summed E-state index contributed by atoms with van der Waals surface area (Å²) in [5.41, 5.74) is 0.859. The van der Waals surface area contributed by atoms with Crippen molar-refractivity contribution in [2.45, 2.75) is 4.83 Å². The molecule has 1 aromatic rings. The fraction of sp³-hybridized carbons (Fsp3) is 0.125. The van der Waals surface area contributed by atoms with Crippen molar-refractivity contribution >= 4 is 48.7 Å². The minimum Gasteiger partial charge on any atom is -0.280 e. The van der Waals surface area contributed by atoms with E-state index in [1.807, 2.05) is 24.3 Å². The molecular formula is C8H5Br2ClO. The number of benzene rings is 1. The lowest BCUT2D eigenvalue weighted by Crippen LogP contribution is -1.97. The third-order valence-corrected chi connectivity index (χ3v) is 3.32. The first-order valence-electron chi connectivity index (χ1n) is 3.20. The van der Waals surface area contributed by atoms with Crippen LogP contribution in [0.2, 0.25) is 0 Å². The van der Waals surface area contributed by atoms with Crippen LogP contribution in [0.5, 0.6) is 0 Å². The maximum Gasteiger partial charge on any atom is 0.239 e. The van der Waals surface area contributed by atoms with Gasteiger partial charge in [0.15, 0.2) is 0 Å². The average molecular weight is 312 g/mol. The number of hydrogen-bond acceptors (Lipinski definition) is 1. The lowest BCUT2D eigenvalue weighted by molar-refractivity contribution is -0.111. The van der Waals surface area contributed by atoms with Crippen molar-refractivity contribution in [2.24, 2.45) is 0 Å². The van der Waals surface area contributed by atoms with Crippen molar-refractivity contribution in [2.75, 3.05) is 0 Å². The van der Waals surface area contributed by atoms with E-state index in [1.54, 1.807) is 0 Å². The molecule has 64 valence electrons. The molecule has 0 amide bonds. The highest BCUT2D eigenvalue weighted by atomic mass is 79.9. The summed E-state index contributed by atoms with van der Waals surface area (Å²) >= 11 is 11.8. The predicted octanol–water partition coefficient (Wildman–Crippen LogP) is 3.65. The summed E-state index contributed by atoms with van der Waals surface area (Å²) in [6, 6.07) is 7.40. The molecule has 0 spiro atoms. The number of carbonyl (C=O) groups is 1. The van der Waals surface area contributed by atoms with Crippen LogP contribution in [0, 0.1) is 0 Å². The third kappa shape index (κ3) is 2.57. The molecule has 1 rings (SSSR count). The van der Waals surface area contributed by atoms with Gasteiger partial charge in [-0.2, -0.15) is 0 Å². The Morgan fingerprint density at radius 2 is 1.83 bits per heavy atom. The molecular weight excluding hydrogens is 307 g/mol. The molecule has 0 N–H and O–H groups in total. The Kier molecular flexibility index (Phi) is 3.75. The number of alkyl halides is 1. The zero-order chi connectivity index (χ0) is 9.14. The highest BCUT2D eigenvalue weighted by Gasteiger charge is 2.13. The third-order valence-electron chi connectivity index (χ3n) is 1.36. The normalized spacial score (nSPS) is 12.6. The molecule has 0 fully saturated rings. The van der Waals surface area contributed by atoms with Crippen molar-refractivity contribution in [1.29, 1.82) is 0 Å². The van der Waals surface area contributed by atoms with Crippen LogP contribution in [-0.4, -0.2) is 5.24 Å². The fourth-order valence-electron chi connectivity index (χ4n) is 0.763. The smallest absolute Gasteiger partial charge is 0.239 e. The van der Waals surface area contributed by atoms with Gasteiger partial charge in [0.05, 0.1) is 0 Å². The highest BCUT2D eigenvalue weighted by molar-refractivity contribution is 9.10. The van der Waals surface area contributed by atoms with Gasteiger partial charge in [-0.1, -0.05) is 44.0 Å². The van der Waals surface area contributed by atoms with Crippen LogP contribution >= 0.6 is 43.5 Å². The van der Waals surface area contributed by atoms with Gasteiger partial charge in [0.25, 0.3) is 0 Å². The topological polar surface area (TPSA) is 17.1 Å². The van der Waals surface area contributed by atoms with Crippen molar-refractivity contribution < 1.29 is 4.79 Å². The lowest BCUT2D eigenvalue weighted by atomic mass is 10.2. The summed E-state index contributed by atoms with van der Waals surface area (Å²) < 4.78 is 0.980. The minimum atomic E-state index is -0.410. The Hall–Kier alpha value is 0.140. The van der Waals surface area contributed by atoms with Gasteiger partial charge >= 0.3 is 0 Å². The van der Waals surface area contributed by atoms with Crippen LogP contribution in [0.15, 0.2) is 28.7 Å². The van der Waals surface area contributed by atoms with E-state index in [4.69, 9.17) is 11.6 Å². The Morgan fingerprint density at radius 3 is 2.25 bits per heavy atom. The quantitative estimate of drug-likeness (QED) is 0.602. The SMILES string of the molecule is O=C(Cl)C(Br)c1ccc(Br)cc1. The molecule has 4 heteroatoms. The van der Waals surface area contributed by atoms with E-state index >= 15 is 0 Å². The largest absolute Gasteiger partial charge is 0.280 e. The van der Waals surface area contributed by atoms with Gasteiger partial charge in [-0.3, -0.25) is 4.79 Å². The van der Waals surface area contributed by atoms with Crippen molar-refractivity contribution in [3.05, 3.63) is 34.3 Å². The van der Waals surface area contributed by atoms with Gasteiger partial charge in [-0.25, -0.2) is 0 Å². The van der Waals surface area contributed by atoms with Crippen LogP contribution in [0.1, 0.15) is 10.4 Å². The monoisotopic (exact) mass is 310 g/mol. The molecule has 0 bridgehead atoms. The summed E-state index contributed by atoms with van der Waals surface area (Å²) in [6.07, 6.45) is 0. The molecule has 0 saturated heterocycles. The van der Waals surface area contributed by atoms with Crippen LogP contribution in [0.4, 0.5) is 0 Å². The molecule has 0 aliphatic carbocycles. The van der Waals surface area contributed by atoms with Crippen molar-refractivity contribution in [3.8, 4) is 0 Å². The average Bonchev–Trinajstić information content (AvgIpc) is 2.04. The Bertz CT molecular complexity index is 284. The van der Waals surface area contributed by atoms with Crippen LogP contribution < -0.4 is 0 Å². The van der Waals surface area contributed by atoms with E-state index in [0.29, 0.717) is 0 Å². The van der Waals surface area contributed by atoms with Gasteiger partial charge in [-0.05, 0) is 29.3 Å². The minimum absolute atomic E-state index is 0.405. The Balaban J connectivity index is 2.89. The second-order valence-corrected chi connectivity index (χ2v) is 4.42. The molecule has 1 unspecified atom stereocenters. The van der Waals surface area contributed by atoms with Gasteiger partial charge in [0, 0.05) is 4.47 Å². The summed E-state index contributed by atoms with van der Waals surface area (Å²) in [5.74, 6) is 0. The summed E-state index contributed by atoms with van der Waals surface area (Å²) in [7, 11) is 0. The van der Waals surface area contributed by atoms with Gasteiger partial charge < -0.3 is 0 Å². The molecule has 1 nitrogen and oxygen atoms in total. The second-order valence-electron chi connectivity index (χ2n) is 2.22. The van der Waals surface area contributed by atoms with E-state index in [2.05, 4.69) is 31.9 Å². The fourth-order valence-corrected chi connectivity index (χ4v) is 1.46. The molecule has 12 heavy (non-hydrogen) atoms. The van der Waals surface area contributed by atoms with Crippen LogP contribution in [-0.2, 0) is 4.79 Å². The molecule has 0 aliphatic heterocycles. The maximum atomic E-state index is 10.7. The molecule has 0 aromatic heterocycles. The second kappa shape index (κ2) is 4.40. The van der Waals surface area contributed by atoms with Crippen LogP contribution in [0.3, 0.4) is 0 Å². The summed E-state index contributed by atoms with van der Waals surface area (Å²) in [6.45, 7) is 0. The first kappa shape index (κ1) is 10.2. The number of hydrogen-bond donors (Lipinski definition) is 0. The zero-order valence-electron chi connectivity index (χ0n) is 5.93. The summed E-state index contributed by atoms with van der Waals surface area (Å²) in [5, 5.41) is -0.405. The predicted molar refractivity (Wildman–Crippen MR) is 56.7 cm³/mol. The summed E-state index contributed by atoms with van der Waals surface area (Å²) in [4.78, 5) is 10.3. The standard InChI is InChI=1S/C8H5Br2ClO/c9-6-3-1-5(2-4-6)7(10)8(11)12/h1-4,7H. The highest BCUT2D eigenvalue weighted by Crippen LogP contribution is 2.26. The van der Waals surface area contributed by atoms with Crippen molar-refractivity contribution in [1.82, 2.24) is 0 Å². The van der Waals surface area contributed by atoms with Gasteiger partial charge in [0.2, 0.25) is 5.24 Å². The van der Waals surface area contributed by atoms with Gasteiger partial charge in [-0.15, -0.1) is 0 Å². The lowest BCUT2D eigenvalue weighted by Gasteiger charge is -2.03. The van der Waals surface area contributed by atoms with E-state index in [1.165, 1.54) is 0 Å². The van der Waals surface area contributed by atoms with Gasteiger partial charge in [0.1, 0.15) is 4.83 Å². The Morgan fingerprint density at radius 1 is 1.33 bits per heavy atom. The van der Waals surface area contributed by atoms with Crippen molar-refractivity contribution in [3.63, 3.8) is 0 Å². The Labute approximate surface area is 92.4 Å². The molecule has 1 atom stereocenters. The number of rotatable bonds is 2. The van der Waals surface area contributed by atoms with E-state index in [-0.39, 0.29) is 0 Å². The molecule has 0 heterocycles. The van der Waals surface area contributed by atoms with E-state index in [0.717, 1.165) is 10.0 Å². The molecule has 0 radical (unpaired) electrons. The maximum absolute atomic E-state index is 10.7. The van der Waals surface area contributed by atoms with E-state index in [9.17, 15) is 4.79 Å².